The van der Waals surface area contributed by atoms with Crippen LogP contribution in [0.4, 0.5) is 0 Å². The molecule has 1 atom stereocenters. The topological polar surface area (TPSA) is 38.9 Å². The molecule has 2 nitrogen and oxygen atoms in total. The highest BCUT2D eigenvalue weighted by Gasteiger charge is 2.22. The zero-order valence-corrected chi connectivity index (χ0v) is 13.0. The van der Waals surface area contributed by atoms with Gasteiger partial charge in [0.25, 0.3) is 0 Å². The first-order chi connectivity index (χ1) is 9.38. The molecule has 2 N–H and O–H groups in total. The van der Waals surface area contributed by atoms with Gasteiger partial charge in [-0.2, -0.15) is 11.8 Å². The normalized spacial score (nSPS) is 19.5. The third kappa shape index (κ3) is 2.99. The molecule has 5 heteroatoms. The van der Waals surface area contributed by atoms with Gasteiger partial charge in [0, 0.05) is 23.8 Å². The van der Waals surface area contributed by atoms with Gasteiger partial charge in [-0.1, -0.05) is 30.3 Å². The molecule has 0 aliphatic carbocycles. The SMILES string of the molecule is NCc1nc(C2CSCCS2)sc1-c1ccccc1. The average molecular weight is 308 g/mol. The Morgan fingerprint density at radius 2 is 2.05 bits per heavy atom. The summed E-state index contributed by atoms with van der Waals surface area (Å²) in [4.78, 5) is 6.03. The Kier molecular flexibility index (Phi) is 4.48. The predicted octanol–water partition coefficient (Wildman–Crippen LogP) is 3.79. The molecule has 1 saturated heterocycles. The van der Waals surface area contributed by atoms with Crippen LogP contribution in [0.1, 0.15) is 16.0 Å². The van der Waals surface area contributed by atoms with E-state index in [4.69, 9.17) is 10.7 Å². The van der Waals surface area contributed by atoms with Crippen molar-refractivity contribution in [2.24, 2.45) is 5.73 Å². The molecule has 1 aromatic heterocycles. The largest absolute Gasteiger partial charge is 0.325 e. The van der Waals surface area contributed by atoms with Gasteiger partial charge in [0.2, 0.25) is 0 Å². The molecular weight excluding hydrogens is 292 g/mol. The summed E-state index contributed by atoms with van der Waals surface area (Å²) in [6.07, 6.45) is 0. The average Bonchev–Trinajstić information content (AvgIpc) is 2.93. The van der Waals surface area contributed by atoms with Gasteiger partial charge in [-0.05, 0) is 5.56 Å². The standard InChI is InChI=1S/C14H16N2S3/c15-8-11-13(10-4-2-1-3-5-10)19-14(16-11)12-9-17-6-7-18-12/h1-5,12H,6-9,15H2. The highest BCUT2D eigenvalue weighted by Crippen LogP contribution is 2.41. The lowest BCUT2D eigenvalue weighted by molar-refractivity contribution is 0.967. The quantitative estimate of drug-likeness (QED) is 0.936. The van der Waals surface area contributed by atoms with Gasteiger partial charge < -0.3 is 5.73 Å². The summed E-state index contributed by atoms with van der Waals surface area (Å²) < 4.78 is 0. The lowest BCUT2D eigenvalue weighted by Gasteiger charge is -2.18. The molecule has 1 unspecified atom stereocenters. The van der Waals surface area contributed by atoms with Crippen molar-refractivity contribution < 1.29 is 0 Å². The van der Waals surface area contributed by atoms with Crippen LogP contribution in [0.3, 0.4) is 0 Å². The lowest BCUT2D eigenvalue weighted by atomic mass is 10.1. The Labute approximate surface area is 126 Å². The Morgan fingerprint density at radius 3 is 2.74 bits per heavy atom. The smallest absolute Gasteiger partial charge is 0.107 e. The number of thioether (sulfide) groups is 2. The zero-order valence-electron chi connectivity index (χ0n) is 10.5. The predicted molar refractivity (Wildman–Crippen MR) is 88.0 cm³/mol. The van der Waals surface area contributed by atoms with Gasteiger partial charge >= 0.3 is 0 Å². The molecule has 100 valence electrons. The van der Waals surface area contributed by atoms with Crippen molar-refractivity contribution >= 4 is 34.9 Å². The summed E-state index contributed by atoms with van der Waals surface area (Å²) in [6, 6.07) is 10.5. The van der Waals surface area contributed by atoms with Crippen LogP contribution < -0.4 is 5.73 Å². The minimum atomic E-state index is 0.519. The summed E-state index contributed by atoms with van der Waals surface area (Å²) in [5.41, 5.74) is 8.14. The van der Waals surface area contributed by atoms with E-state index in [2.05, 4.69) is 24.3 Å². The fourth-order valence-corrected chi connectivity index (χ4v) is 6.17. The molecule has 19 heavy (non-hydrogen) atoms. The van der Waals surface area contributed by atoms with E-state index in [1.54, 1.807) is 0 Å². The van der Waals surface area contributed by atoms with E-state index in [9.17, 15) is 0 Å². The van der Waals surface area contributed by atoms with Crippen molar-refractivity contribution in [3.05, 3.63) is 41.0 Å². The second kappa shape index (κ2) is 6.31. The molecule has 1 aromatic carbocycles. The number of thiazole rings is 1. The van der Waals surface area contributed by atoms with E-state index in [0.717, 1.165) is 5.69 Å². The first-order valence-corrected chi connectivity index (χ1v) is 9.35. The van der Waals surface area contributed by atoms with E-state index in [0.29, 0.717) is 11.8 Å². The molecule has 0 amide bonds. The van der Waals surface area contributed by atoms with E-state index < -0.39 is 0 Å². The van der Waals surface area contributed by atoms with E-state index in [1.807, 2.05) is 40.9 Å². The zero-order chi connectivity index (χ0) is 13.1. The molecule has 2 heterocycles. The van der Waals surface area contributed by atoms with Crippen LogP contribution in [0.5, 0.6) is 0 Å². The monoisotopic (exact) mass is 308 g/mol. The van der Waals surface area contributed by atoms with Crippen LogP contribution in [-0.2, 0) is 6.54 Å². The first kappa shape index (κ1) is 13.5. The number of nitrogens with two attached hydrogens (primary N) is 1. The molecule has 0 bridgehead atoms. The Balaban J connectivity index is 1.94. The molecule has 1 fully saturated rings. The maximum atomic E-state index is 5.86. The highest BCUT2D eigenvalue weighted by atomic mass is 32.2. The number of hydrogen-bond acceptors (Lipinski definition) is 5. The second-order valence-corrected chi connectivity index (χ2v) is 7.82. The summed E-state index contributed by atoms with van der Waals surface area (Å²) in [5.74, 6) is 3.67. The van der Waals surface area contributed by atoms with Gasteiger partial charge in [0.05, 0.1) is 15.8 Å². The van der Waals surface area contributed by atoms with E-state index in [-0.39, 0.29) is 0 Å². The second-order valence-electron chi connectivity index (χ2n) is 4.33. The Bertz CT molecular complexity index is 533. The van der Waals surface area contributed by atoms with Crippen molar-refractivity contribution in [1.29, 1.82) is 0 Å². The molecule has 1 aliphatic heterocycles. The lowest BCUT2D eigenvalue weighted by Crippen LogP contribution is -2.06. The van der Waals surface area contributed by atoms with Gasteiger partial charge in [-0.3, -0.25) is 0 Å². The van der Waals surface area contributed by atoms with Crippen molar-refractivity contribution in [3.8, 4) is 10.4 Å². The van der Waals surface area contributed by atoms with Crippen LogP contribution in [-0.4, -0.2) is 22.2 Å². The number of rotatable bonds is 3. The van der Waals surface area contributed by atoms with Crippen LogP contribution in [0.15, 0.2) is 30.3 Å². The molecule has 2 aromatic rings. The van der Waals surface area contributed by atoms with E-state index >= 15 is 0 Å². The first-order valence-electron chi connectivity index (χ1n) is 6.33. The van der Waals surface area contributed by atoms with Crippen LogP contribution in [0, 0.1) is 0 Å². The summed E-state index contributed by atoms with van der Waals surface area (Å²) >= 11 is 5.88. The summed E-state index contributed by atoms with van der Waals surface area (Å²) in [6.45, 7) is 0.519. The van der Waals surface area contributed by atoms with Crippen molar-refractivity contribution in [2.45, 2.75) is 11.8 Å². The summed E-state index contributed by atoms with van der Waals surface area (Å²) in [7, 11) is 0. The van der Waals surface area contributed by atoms with Gasteiger partial charge in [0.15, 0.2) is 0 Å². The molecule has 3 rings (SSSR count). The highest BCUT2D eigenvalue weighted by molar-refractivity contribution is 8.06. The Hall–Kier alpha value is -0.490. The Morgan fingerprint density at radius 1 is 1.21 bits per heavy atom. The summed E-state index contributed by atoms with van der Waals surface area (Å²) in [5, 5.41) is 1.79. The minimum Gasteiger partial charge on any atom is -0.325 e. The van der Waals surface area contributed by atoms with Crippen molar-refractivity contribution in [3.63, 3.8) is 0 Å². The van der Waals surface area contributed by atoms with Gasteiger partial charge in [-0.15, -0.1) is 23.1 Å². The molecular formula is C14H16N2S3. The molecule has 0 spiro atoms. The fraction of sp³-hybridized carbons (Fsp3) is 0.357. The van der Waals surface area contributed by atoms with Crippen molar-refractivity contribution in [1.82, 2.24) is 4.98 Å². The number of aromatic nitrogens is 1. The van der Waals surface area contributed by atoms with Crippen molar-refractivity contribution in [2.75, 3.05) is 17.3 Å². The third-order valence-corrected chi connectivity index (χ3v) is 7.21. The van der Waals surface area contributed by atoms with Crippen LogP contribution >= 0.6 is 34.9 Å². The maximum absolute atomic E-state index is 5.86. The van der Waals surface area contributed by atoms with Gasteiger partial charge in [0.1, 0.15) is 5.01 Å². The number of benzene rings is 1. The molecule has 1 aliphatic rings. The number of hydrogen-bond donors (Lipinski definition) is 1. The van der Waals surface area contributed by atoms with Crippen LogP contribution in [0.25, 0.3) is 10.4 Å². The molecule has 0 saturated carbocycles. The van der Waals surface area contributed by atoms with Gasteiger partial charge in [-0.25, -0.2) is 4.98 Å². The minimum absolute atomic E-state index is 0.519. The third-order valence-electron chi connectivity index (χ3n) is 3.03. The maximum Gasteiger partial charge on any atom is 0.107 e. The molecule has 0 radical (unpaired) electrons. The van der Waals surface area contributed by atoms with Crippen LogP contribution in [0.2, 0.25) is 0 Å². The fourth-order valence-electron chi connectivity index (χ4n) is 2.09. The number of nitrogens with zero attached hydrogens (tertiary/aromatic N) is 1. The van der Waals surface area contributed by atoms with E-state index in [1.165, 1.54) is 32.7 Å².